The number of carbonyl (C=O) groups is 2. The molecule has 0 unspecified atom stereocenters. The number of nitrogens with one attached hydrogen (secondary N) is 2. The SMILES string of the molecule is CC[C@@H](NC(=O)Nc1cc(C(F)(F)F)ccc1F)C(=O)O. The Morgan fingerprint density at radius 1 is 1.33 bits per heavy atom. The third-order valence-electron chi connectivity index (χ3n) is 2.55. The Kier molecular flexibility index (Phi) is 5.12. The molecule has 0 fully saturated rings. The highest BCUT2D eigenvalue weighted by Crippen LogP contribution is 2.31. The molecule has 1 aromatic rings. The Hall–Kier alpha value is -2.32. The van der Waals surface area contributed by atoms with Gasteiger partial charge >= 0.3 is 18.2 Å². The second-order valence-corrected chi connectivity index (χ2v) is 4.09. The number of hydrogen-bond acceptors (Lipinski definition) is 2. The van der Waals surface area contributed by atoms with E-state index in [4.69, 9.17) is 5.11 Å². The van der Waals surface area contributed by atoms with E-state index in [0.717, 1.165) is 0 Å². The fourth-order valence-corrected chi connectivity index (χ4v) is 1.45. The first-order chi connectivity index (χ1) is 9.65. The molecule has 0 heterocycles. The molecule has 3 N–H and O–H groups in total. The van der Waals surface area contributed by atoms with E-state index in [2.05, 4.69) is 0 Å². The lowest BCUT2D eigenvalue weighted by Gasteiger charge is -2.14. The van der Waals surface area contributed by atoms with Crippen LogP contribution < -0.4 is 10.6 Å². The number of anilines is 1. The van der Waals surface area contributed by atoms with Crippen LogP contribution in [0.5, 0.6) is 0 Å². The van der Waals surface area contributed by atoms with Crippen LogP contribution in [0.25, 0.3) is 0 Å². The van der Waals surface area contributed by atoms with E-state index >= 15 is 0 Å². The van der Waals surface area contributed by atoms with Gasteiger partial charge in [0.25, 0.3) is 0 Å². The Bertz CT molecular complexity index is 546. The van der Waals surface area contributed by atoms with Crippen LogP contribution in [0, 0.1) is 5.82 Å². The minimum atomic E-state index is -4.69. The largest absolute Gasteiger partial charge is 0.480 e. The lowest BCUT2D eigenvalue weighted by Crippen LogP contribution is -2.42. The van der Waals surface area contributed by atoms with Crippen LogP contribution in [0.2, 0.25) is 0 Å². The number of halogens is 4. The summed E-state index contributed by atoms with van der Waals surface area (Å²) in [6.07, 6.45) is -4.62. The quantitative estimate of drug-likeness (QED) is 0.748. The topological polar surface area (TPSA) is 78.4 Å². The zero-order chi connectivity index (χ0) is 16.2. The van der Waals surface area contributed by atoms with Gasteiger partial charge in [0.1, 0.15) is 11.9 Å². The number of carbonyl (C=O) groups excluding carboxylic acids is 1. The molecule has 0 aliphatic carbocycles. The van der Waals surface area contributed by atoms with Crippen molar-refractivity contribution in [1.82, 2.24) is 5.32 Å². The summed E-state index contributed by atoms with van der Waals surface area (Å²) in [5, 5.41) is 12.6. The molecule has 0 bridgehead atoms. The number of amides is 2. The number of carboxylic acid groups (broad SMARTS) is 1. The van der Waals surface area contributed by atoms with Gasteiger partial charge < -0.3 is 15.7 Å². The minimum absolute atomic E-state index is 0.0633. The molecule has 1 rings (SSSR count). The van der Waals surface area contributed by atoms with E-state index in [-0.39, 0.29) is 6.42 Å². The third-order valence-corrected chi connectivity index (χ3v) is 2.55. The first-order valence-corrected chi connectivity index (χ1v) is 5.82. The second kappa shape index (κ2) is 6.42. The van der Waals surface area contributed by atoms with Gasteiger partial charge in [0.2, 0.25) is 0 Å². The molecule has 21 heavy (non-hydrogen) atoms. The molecule has 0 saturated heterocycles. The number of alkyl halides is 3. The molecule has 0 spiro atoms. The van der Waals surface area contributed by atoms with Gasteiger partial charge in [0.05, 0.1) is 11.3 Å². The molecule has 2 amide bonds. The van der Waals surface area contributed by atoms with Gasteiger partial charge in [0.15, 0.2) is 0 Å². The molecule has 0 aliphatic heterocycles. The first kappa shape index (κ1) is 16.7. The van der Waals surface area contributed by atoms with Crippen molar-refractivity contribution in [3.63, 3.8) is 0 Å². The zero-order valence-corrected chi connectivity index (χ0v) is 10.8. The predicted molar refractivity (Wildman–Crippen MR) is 65.3 cm³/mol. The first-order valence-electron chi connectivity index (χ1n) is 5.82. The molecule has 1 aromatic carbocycles. The lowest BCUT2D eigenvalue weighted by molar-refractivity contribution is -0.139. The van der Waals surface area contributed by atoms with E-state index in [1.54, 1.807) is 0 Å². The Morgan fingerprint density at radius 2 is 1.95 bits per heavy atom. The fraction of sp³-hybridized carbons (Fsp3) is 0.333. The summed E-state index contributed by atoms with van der Waals surface area (Å²) >= 11 is 0. The highest BCUT2D eigenvalue weighted by Gasteiger charge is 2.31. The van der Waals surface area contributed by atoms with Crippen molar-refractivity contribution >= 4 is 17.7 Å². The number of carboxylic acids is 1. The lowest BCUT2D eigenvalue weighted by atomic mass is 10.2. The van der Waals surface area contributed by atoms with Crippen LogP contribution in [-0.4, -0.2) is 23.1 Å². The van der Waals surface area contributed by atoms with Crippen molar-refractivity contribution < 1.29 is 32.3 Å². The third kappa shape index (κ3) is 4.62. The normalized spacial score (nSPS) is 12.6. The smallest absolute Gasteiger partial charge is 0.416 e. The Morgan fingerprint density at radius 3 is 2.43 bits per heavy atom. The number of rotatable bonds is 4. The second-order valence-electron chi connectivity index (χ2n) is 4.09. The van der Waals surface area contributed by atoms with Crippen LogP contribution >= 0.6 is 0 Å². The van der Waals surface area contributed by atoms with Crippen LogP contribution in [0.1, 0.15) is 18.9 Å². The van der Waals surface area contributed by atoms with Gasteiger partial charge in [-0.25, -0.2) is 14.0 Å². The van der Waals surface area contributed by atoms with E-state index in [9.17, 15) is 27.2 Å². The predicted octanol–water partition coefficient (Wildman–Crippen LogP) is 2.83. The molecule has 0 aliphatic rings. The van der Waals surface area contributed by atoms with E-state index in [1.807, 2.05) is 10.6 Å². The average molecular weight is 308 g/mol. The van der Waals surface area contributed by atoms with Gasteiger partial charge in [-0.1, -0.05) is 6.92 Å². The van der Waals surface area contributed by atoms with Gasteiger partial charge in [-0.2, -0.15) is 13.2 Å². The highest BCUT2D eigenvalue weighted by molar-refractivity contribution is 5.92. The molecule has 0 aromatic heterocycles. The summed E-state index contributed by atoms with van der Waals surface area (Å²) in [7, 11) is 0. The fourth-order valence-electron chi connectivity index (χ4n) is 1.45. The summed E-state index contributed by atoms with van der Waals surface area (Å²) in [6, 6.07) is -0.810. The number of urea groups is 1. The van der Waals surface area contributed by atoms with Crippen molar-refractivity contribution in [3.05, 3.63) is 29.6 Å². The van der Waals surface area contributed by atoms with Crippen molar-refractivity contribution in [3.8, 4) is 0 Å². The Labute approximate surface area is 117 Å². The summed E-state index contributed by atoms with van der Waals surface area (Å²) in [5.74, 6) is -2.38. The molecule has 9 heteroatoms. The van der Waals surface area contributed by atoms with Crippen LogP contribution in [0.4, 0.5) is 28.0 Å². The maximum atomic E-state index is 13.4. The van der Waals surface area contributed by atoms with Crippen LogP contribution in [-0.2, 0) is 11.0 Å². The van der Waals surface area contributed by atoms with Crippen molar-refractivity contribution in [2.75, 3.05) is 5.32 Å². The summed E-state index contributed by atoms with van der Waals surface area (Å²) < 4.78 is 50.8. The maximum Gasteiger partial charge on any atom is 0.416 e. The summed E-state index contributed by atoms with van der Waals surface area (Å²) in [5.41, 5.74) is -1.83. The van der Waals surface area contributed by atoms with Crippen LogP contribution in [0.15, 0.2) is 18.2 Å². The van der Waals surface area contributed by atoms with Crippen molar-refractivity contribution in [2.45, 2.75) is 25.6 Å². The molecule has 1 atom stereocenters. The molecule has 5 nitrogen and oxygen atoms in total. The van der Waals surface area contributed by atoms with E-state index in [0.29, 0.717) is 18.2 Å². The van der Waals surface area contributed by atoms with E-state index < -0.39 is 41.3 Å². The van der Waals surface area contributed by atoms with Gasteiger partial charge in [-0.15, -0.1) is 0 Å². The zero-order valence-electron chi connectivity index (χ0n) is 10.8. The van der Waals surface area contributed by atoms with Gasteiger partial charge in [-0.05, 0) is 24.6 Å². The van der Waals surface area contributed by atoms with E-state index in [1.165, 1.54) is 6.92 Å². The average Bonchev–Trinajstić information content (AvgIpc) is 2.36. The van der Waals surface area contributed by atoms with Crippen molar-refractivity contribution in [1.29, 1.82) is 0 Å². The maximum absolute atomic E-state index is 13.4. The monoisotopic (exact) mass is 308 g/mol. The number of aliphatic carboxylic acids is 1. The molecule has 0 radical (unpaired) electrons. The van der Waals surface area contributed by atoms with Crippen LogP contribution in [0.3, 0.4) is 0 Å². The molecule has 0 saturated carbocycles. The summed E-state index contributed by atoms with van der Waals surface area (Å²) in [6.45, 7) is 1.49. The minimum Gasteiger partial charge on any atom is -0.480 e. The molecular formula is C12H12F4N2O3. The van der Waals surface area contributed by atoms with Gasteiger partial charge in [0, 0.05) is 0 Å². The number of hydrogen-bond donors (Lipinski definition) is 3. The highest BCUT2D eigenvalue weighted by atomic mass is 19.4. The molecular weight excluding hydrogens is 296 g/mol. The van der Waals surface area contributed by atoms with Gasteiger partial charge in [-0.3, -0.25) is 0 Å². The van der Waals surface area contributed by atoms with Crippen molar-refractivity contribution in [2.24, 2.45) is 0 Å². The summed E-state index contributed by atoms with van der Waals surface area (Å²) in [4.78, 5) is 22.2. The number of benzene rings is 1. The standard InChI is InChI=1S/C12H12F4N2O3/c1-2-8(10(19)20)17-11(21)18-9-5-6(12(14,15)16)3-4-7(9)13/h3-5,8H,2H2,1H3,(H,19,20)(H2,17,18,21)/t8-/m1/s1. The Balaban J connectivity index is 2.87. The molecule has 116 valence electrons.